The molecule has 0 N–H and O–H groups in total. The zero-order chi connectivity index (χ0) is 9.97. The van der Waals surface area contributed by atoms with Crippen molar-refractivity contribution in [3.8, 4) is 0 Å². The molecule has 0 saturated carbocycles. The van der Waals surface area contributed by atoms with Gasteiger partial charge in [0.25, 0.3) is 0 Å². The lowest BCUT2D eigenvalue weighted by Gasteiger charge is -2.05. The minimum absolute atomic E-state index is 0.0143. The fraction of sp³-hybridized carbons (Fsp3) is 0.154. The Kier molecular flexibility index (Phi) is 2.32. The lowest BCUT2D eigenvalue weighted by Crippen LogP contribution is -1.93. The highest BCUT2D eigenvalue weighted by Crippen LogP contribution is 2.20. The molecule has 0 aliphatic heterocycles. The summed E-state index contributed by atoms with van der Waals surface area (Å²) in [5.74, 6) is -0.0143. The van der Waals surface area contributed by atoms with E-state index in [1.54, 1.807) is 0 Å². The number of carbonyl (C=O) groups is 1. The smallest absolute Gasteiger partial charge is 0.127 e. The van der Waals surface area contributed by atoms with E-state index in [1.807, 2.05) is 25.1 Å². The average molecular weight is 184 g/mol. The Morgan fingerprint density at radius 2 is 1.79 bits per heavy atom. The number of fused-ring (bicyclic) bond motifs is 1. The van der Waals surface area contributed by atoms with Gasteiger partial charge in [-0.1, -0.05) is 49.4 Å². The first-order valence-corrected chi connectivity index (χ1v) is 4.75. The second-order valence-electron chi connectivity index (χ2n) is 3.53. The maximum absolute atomic E-state index is 10.6. The summed E-state index contributed by atoms with van der Waals surface area (Å²) < 4.78 is 0. The minimum atomic E-state index is -0.0143. The molecule has 0 radical (unpaired) electrons. The van der Waals surface area contributed by atoms with Gasteiger partial charge in [0.2, 0.25) is 0 Å². The first-order valence-electron chi connectivity index (χ1n) is 4.75. The fourth-order valence-corrected chi connectivity index (χ4v) is 1.57. The summed E-state index contributed by atoms with van der Waals surface area (Å²) in [6, 6.07) is 14.3. The second-order valence-corrected chi connectivity index (χ2v) is 3.53. The molecule has 1 heteroatoms. The van der Waals surface area contributed by atoms with Crippen LogP contribution in [0.15, 0.2) is 42.5 Å². The Bertz CT molecular complexity index is 459. The highest BCUT2D eigenvalue weighted by Gasteiger charge is 2.03. The summed E-state index contributed by atoms with van der Waals surface area (Å²) in [7, 11) is 0. The molecule has 0 heterocycles. The van der Waals surface area contributed by atoms with Gasteiger partial charge in [-0.3, -0.25) is 0 Å². The van der Waals surface area contributed by atoms with Gasteiger partial charge in [-0.25, -0.2) is 0 Å². The summed E-state index contributed by atoms with van der Waals surface area (Å²) in [6.07, 6.45) is 0.976. The molecular formula is C13H12O. The van der Waals surface area contributed by atoms with Crippen molar-refractivity contribution >= 4 is 17.1 Å². The SMILES string of the molecule is CC(C=O)c1ccc2ccccc2c1. The van der Waals surface area contributed by atoms with Crippen LogP contribution >= 0.6 is 0 Å². The number of rotatable bonds is 2. The van der Waals surface area contributed by atoms with E-state index >= 15 is 0 Å². The van der Waals surface area contributed by atoms with Gasteiger partial charge in [-0.05, 0) is 16.3 Å². The third kappa shape index (κ3) is 1.53. The van der Waals surface area contributed by atoms with Crippen LogP contribution in [-0.2, 0) is 4.79 Å². The van der Waals surface area contributed by atoms with E-state index in [9.17, 15) is 4.79 Å². The van der Waals surface area contributed by atoms with Crippen LogP contribution in [0.3, 0.4) is 0 Å². The lowest BCUT2D eigenvalue weighted by atomic mass is 9.99. The molecule has 2 aromatic carbocycles. The maximum atomic E-state index is 10.6. The van der Waals surface area contributed by atoms with E-state index in [1.165, 1.54) is 10.8 Å². The van der Waals surface area contributed by atoms with Gasteiger partial charge in [-0.15, -0.1) is 0 Å². The summed E-state index contributed by atoms with van der Waals surface area (Å²) >= 11 is 0. The molecule has 14 heavy (non-hydrogen) atoms. The fourth-order valence-electron chi connectivity index (χ4n) is 1.57. The predicted octanol–water partition coefficient (Wildman–Crippen LogP) is 3.14. The molecule has 2 rings (SSSR count). The van der Waals surface area contributed by atoms with Crippen molar-refractivity contribution in [1.82, 2.24) is 0 Å². The van der Waals surface area contributed by atoms with Crippen LogP contribution in [0.4, 0.5) is 0 Å². The number of carbonyl (C=O) groups excluding carboxylic acids is 1. The Morgan fingerprint density at radius 1 is 1.07 bits per heavy atom. The molecule has 1 nitrogen and oxygen atoms in total. The van der Waals surface area contributed by atoms with E-state index in [4.69, 9.17) is 0 Å². The zero-order valence-electron chi connectivity index (χ0n) is 8.10. The molecule has 0 amide bonds. The lowest BCUT2D eigenvalue weighted by molar-refractivity contribution is -0.108. The van der Waals surface area contributed by atoms with Gasteiger partial charge in [0, 0.05) is 5.92 Å². The van der Waals surface area contributed by atoms with Crippen LogP contribution in [0.5, 0.6) is 0 Å². The highest BCUT2D eigenvalue weighted by atomic mass is 16.1. The standard InChI is InChI=1S/C13H12O/c1-10(9-14)12-7-6-11-4-2-3-5-13(11)8-12/h2-10H,1H3. The minimum Gasteiger partial charge on any atom is -0.303 e. The first-order chi connectivity index (χ1) is 6.81. The van der Waals surface area contributed by atoms with Crippen LogP contribution in [-0.4, -0.2) is 6.29 Å². The second kappa shape index (κ2) is 3.62. The molecule has 0 fully saturated rings. The summed E-state index contributed by atoms with van der Waals surface area (Å²) in [5, 5.41) is 2.41. The largest absolute Gasteiger partial charge is 0.303 e. The molecule has 70 valence electrons. The monoisotopic (exact) mass is 184 g/mol. The number of aldehydes is 1. The van der Waals surface area contributed by atoms with E-state index in [2.05, 4.69) is 24.3 Å². The van der Waals surface area contributed by atoms with E-state index in [-0.39, 0.29) is 5.92 Å². The number of benzene rings is 2. The normalized spacial score (nSPS) is 12.6. The predicted molar refractivity (Wildman–Crippen MR) is 58.4 cm³/mol. The topological polar surface area (TPSA) is 17.1 Å². The van der Waals surface area contributed by atoms with E-state index in [0.717, 1.165) is 11.8 Å². The Balaban J connectivity index is 2.56. The van der Waals surface area contributed by atoms with Crippen molar-refractivity contribution in [3.05, 3.63) is 48.0 Å². The average Bonchev–Trinajstić information content (AvgIpc) is 2.27. The van der Waals surface area contributed by atoms with Gasteiger partial charge in [0.1, 0.15) is 6.29 Å². The van der Waals surface area contributed by atoms with Crippen LogP contribution < -0.4 is 0 Å². The van der Waals surface area contributed by atoms with Crippen LogP contribution in [0, 0.1) is 0 Å². The molecule has 1 atom stereocenters. The maximum Gasteiger partial charge on any atom is 0.127 e. The molecule has 0 aliphatic rings. The van der Waals surface area contributed by atoms with Crippen molar-refractivity contribution < 1.29 is 4.79 Å². The third-order valence-electron chi connectivity index (χ3n) is 2.50. The third-order valence-corrected chi connectivity index (χ3v) is 2.50. The molecule has 0 aromatic heterocycles. The zero-order valence-corrected chi connectivity index (χ0v) is 8.10. The molecule has 0 aliphatic carbocycles. The van der Waals surface area contributed by atoms with Crippen molar-refractivity contribution in [2.45, 2.75) is 12.8 Å². The van der Waals surface area contributed by atoms with Crippen molar-refractivity contribution in [3.63, 3.8) is 0 Å². The molecular weight excluding hydrogens is 172 g/mol. The van der Waals surface area contributed by atoms with Crippen molar-refractivity contribution in [2.24, 2.45) is 0 Å². The Morgan fingerprint density at radius 3 is 2.50 bits per heavy atom. The molecule has 2 aromatic rings. The van der Waals surface area contributed by atoms with Crippen LogP contribution in [0.1, 0.15) is 18.4 Å². The van der Waals surface area contributed by atoms with Gasteiger partial charge in [-0.2, -0.15) is 0 Å². The molecule has 0 spiro atoms. The van der Waals surface area contributed by atoms with Gasteiger partial charge >= 0.3 is 0 Å². The first kappa shape index (κ1) is 8.95. The molecule has 0 bridgehead atoms. The quantitative estimate of drug-likeness (QED) is 0.655. The van der Waals surface area contributed by atoms with Crippen LogP contribution in [0.2, 0.25) is 0 Å². The Hall–Kier alpha value is -1.63. The highest BCUT2D eigenvalue weighted by molar-refractivity contribution is 5.83. The van der Waals surface area contributed by atoms with Gasteiger partial charge in [0.05, 0.1) is 0 Å². The number of hydrogen-bond donors (Lipinski definition) is 0. The summed E-state index contributed by atoms with van der Waals surface area (Å²) in [6.45, 7) is 1.91. The van der Waals surface area contributed by atoms with Crippen molar-refractivity contribution in [2.75, 3.05) is 0 Å². The van der Waals surface area contributed by atoms with Gasteiger partial charge in [0.15, 0.2) is 0 Å². The summed E-state index contributed by atoms with van der Waals surface area (Å²) in [5.41, 5.74) is 1.08. The summed E-state index contributed by atoms with van der Waals surface area (Å²) in [4.78, 5) is 10.6. The molecule has 1 unspecified atom stereocenters. The van der Waals surface area contributed by atoms with Crippen LogP contribution in [0.25, 0.3) is 10.8 Å². The van der Waals surface area contributed by atoms with E-state index < -0.39 is 0 Å². The Labute approximate surface area is 83.4 Å². The number of hydrogen-bond acceptors (Lipinski definition) is 1. The molecule has 0 saturated heterocycles. The van der Waals surface area contributed by atoms with E-state index in [0.29, 0.717) is 0 Å². The van der Waals surface area contributed by atoms with Crippen molar-refractivity contribution in [1.29, 1.82) is 0 Å². The van der Waals surface area contributed by atoms with Gasteiger partial charge < -0.3 is 4.79 Å².